The summed E-state index contributed by atoms with van der Waals surface area (Å²) in [6.45, 7) is 6.04. The maximum absolute atomic E-state index is 13.6. The van der Waals surface area contributed by atoms with Gasteiger partial charge in [-0.25, -0.2) is 0 Å². The lowest BCUT2D eigenvalue weighted by Crippen LogP contribution is -2.33. The first-order valence-corrected chi connectivity index (χ1v) is 12.7. The molecule has 1 aliphatic carbocycles. The van der Waals surface area contributed by atoms with E-state index >= 15 is 0 Å². The number of Topliss-reactive ketones (excluding diaryl/α,β-unsaturated/α-hetero) is 1. The molecule has 0 atom stereocenters. The number of carbonyl (C=O) groups is 1. The zero-order valence-electron chi connectivity index (χ0n) is 21.9. The molecule has 4 nitrogen and oxygen atoms in total. The van der Waals surface area contributed by atoms with Crippen LogP contribution in [-0.4, -0.2) is 21.6 Å². The molecule has 0 spiro atoms. The van der Waals surface area contributed by atoms with Crippen LogP contribution in [0.5, 0.6) is 5.75 Å². The van der Waals surface area contributed by atoms with E-state index in [1.165, 1.54) is 0 Å². The molecule has 0 aliphatic heterocycles. The van der Waals surface area contributed by atoms with Gasteiger partial charge in [0.15, 0.2) is 0 Å². The summed E-state index contributed by atoms with van der Waals surface area (Å²) in [5, 5.41) is 11.0. The van der Waals surface area contributed by atoms with Crippen molar-refractivity contribution < 1.29 is 23.1 Å². The molecule has 7 heteroatoms. The van der Waals surface area contributed by atoms with Crippen LogP contribution in [0, 0.1) is 6.92 Å². The molecule has 1 aliphatic rings. The van der Waals surface area contributed by atoms with Crippen LogP contribution in [0.2, 0.25) is 0 Å². The zero-order valence-corrected chi connectivity index (χ0v) is 21.9. The predicted octanol–water partition coefficient (Wildman–Crippen LogP) is 7.72. The zero-order chi connectivity index (χ0) is 28.6. The van der Waals surface area contributed by atoms with E-state index in [1.807, 2.05) is 69.3 Å². The fraction of sp³-hybridized carbons (Fsp3) is 0.152. The number of nitrogens with zero attached hydrogens (tertiary/aromatic N) is 1. The normalized spacial score (nSPS) is 13.8. The summed E-state index contributed by atoms with van der Waals surface area (Å²) in [5.41, 5.74) is 3.86. The molecule has 0 fully saturated rings. The molecule has 1 aromatic heterocycles. The number of fused-ring (bicyclic) bond motifs is 4. The van der Waals surface area contributed by atoms with Gasteiger partial charge in [0.25, 0.3) is 11.3 Å². The highest BCUT2D eigenvalue weighted by Crippen LogP contribution is 2.50. The Balaban J connectivity index is 1.66. The van der Waals surface area contributed by atoms with Gasteiger partial charge in [-0.15, -0.1) is 0 Å². The summed E-state index contributed by atoms with van der Waals surface area (Å²) in [6, 6.07) is 25.6. The Kier molecular flexibility index (Phi) is 5.56. The van der Waals surface area contributed by atoms with Crippen molar-refractivity contribution >= 4 is 16.7 Å². The minimum absolute atomic E-state index is 0.0129. The van der Waals surface area contributed by atoms with E-state index < -0.39 is 34.2 Å². The highest BCUT2D eigenvalue weighted by Gasteiger charge is 2.44. The maximum Gasteiger partial charge on any atom is 0.455 e. The molecule has 0 saturated heterocycles. The molecule has 1 N–H and O–H groups in total. The quantitative estimate of drug-likeness (QED) is 0.239. The van der Waals surface area contributed by atoms with E-state index in [0.29, 0.717) is 0 Å². The third-order valence-corrected chi connectivity index (χ3v) is 7.84. The summed E-state index contributed by atoms with van der Waals surface area (Å²) in [4.78, 5) is 26.1. The van der Waals surface area contributed by atoms with Crippen molar-refractivity contribution in [1.82, 2.24) is 4.57 Å². The van der Waals surface area contributed by atoms with Crippen molar-refractivity contribution in [1.29, 1.82) is 0 Å². The van der Waals surface area contributed by atoms with Gasteiger partial charge in [-0.2, -0.15) is 13.2 Å². The first-order valence-electron chi connectivity index (χ1n) is 12.7. The van der Waals surface area contributed by atoms with Gasteiger partial charge in [-0.1, -0.05) is 80.1 Å². The van der Waals surface area contributed by atoms with Crippen molar-refractivity contribution in [2.45, 2.75) is 32.4 Å². The van der Waals surface area contributed by atoms with E-state index in [-0.39, 0.29) is 16.6 Å². The van der Waals surface area contributed by atoms with Crippen LogP contribution in [0.4, 0.5) is 13.2 Å². The molecule has 6 rings (SSSR count). The highest BCUT2D eigenvalue weighted by molar-refractivity contribution is 6.07. The van der Waals surface area contributed by atoms with E-state index in [0.717, 1.165) is 43.5 Å². The first-order chi connectivity index (χ1) is 18.9. The van der Waals surface area contributed by atoms with E-state index in [9.17, 15) is 27.9 Å². The lowest BCUT2D eigenvalue weighted by molar-refractivity contribution is -0.0887. The third-order valence-electron chi connectivity index (χ3n) is 7.84. The Morgan fingerprint density at radius 3 is 2.05 bits per heavy atom. The molecule has 0 radical (unpaired) electrons. The summed E-state index contributed by atoms with van der Waals surface area (Å²) < 4.78 is 41.9. The van der Waals surface area contributed by atoms with Crippen LogP contribution in [0.1, 0.15) is 40.9 Å². The lowest BCUT2D eigenvalue weighted by Gasteiger charge is -2.23. The van der Waals surface area contributed by atoms with E-state index in [1.54, 1.807) is 36.4 Å². The minimum Gasteiger partial charge on any atom is -0.506 e. The number of aromatic hydroxyl groups is 1. The number of carbonyl (C=O) groups excluding carboxylic acids is 1. The van der Waals surface area contributed by atoms with Crippen LogP contribution >= 0.6 is 0 Å². The standard InChI is InChI=1S/C33H24F3NO3/c1-18-8-10-19(11-9-18)20-12-14-21(15-13-20)37-27-17-26-23(22-6-4-5-7-25(22)32(26,2)3)16-24(27)29(38)28(31(37)40)30(39)33(34,35)36/h4-17,38H,1-3H3. The fourth-order valence-corrected chi connectivity index (χ4v) is 5.72. The SMILES string of the molecule is Cc1ccc(-c2ccc(-n3c(=O)c(C(=O)C(F)(F)F)c(O)c4cc5c(cc43)C(C)(C)c3ccccc3-5)cc2)cc1. The average molecular weight is 540 g/mol. The maximum atomic E-state index is 13.6. The Morgan fingerprint density at radius 1 is 0.825 bits per heavy atom. The van der Waals surface area contributed by atoms with Gasteiger partial charge >= 0.3 is 6.18 Å². The molecule has 0 unspecified atom stereocenters. The molecule has 200 valence electrons. The van der Waals surface area contributed by atoms with Crippen molar-refractivity contribution in [3.05, 3.63) is 118 Å². The van der Waals surface area contributed by atoms with Crippen molar-refractivity contribution in [2.24, 2.45) is 0 Å². The second-order valence-corrected chi connectivity index (χ2v) is 10.7. The lowest BCUT2D eigenvalue weighted by atomic mass is 9.82. The highest BCUT2D eigenvalue weighted by atomic mass is 19.4. The van der Waals surface area contributed by atoms with Crippen LogP contribution in [0.3, 0.4) is 0 Å². The van der Waals surface area contributed by atoms with Crippen molar-refractivity contribution in [2.75, 3.05) is 0 Å². The number of aromatic nitrogens is 1. The Morgan fingerprint density at radius 2 is 1.43 bits per heavy atom. The van der Waals surface area contributed by atoms with Gasteiger partial charge in [0, 0.05) is 16.5 Å². The van der Waals surface area contributed by atoms with E-state index in [4.69, 9.17) is 0 Å². The van der Waals surface area contributed by atoms with Gasteiger partial charge in [-0.05, 0) is 64.6 Å². The number of ketones is 1. The molecule has 5 aromatic rings. The molecule has 0 bridgehead atoms. The van der Waals surface area contributed by atoms with Crippen LogP contribution in [-0.2, 0) is 5.41 Å². The molecule has 0 saturated carbocycles. The number of hydrogen-bond acceptors (Lipinski definition) is 3. The number of rotatable bonds is 3. The topological polar surface area (TPSA) is 59.3 Å². The number of hydrogen-bond donors (Lipinski definition) is 1. The Hall–Kier alpha value is -4.65. The van der Waals surface area contributed by atoms with Crippen LogP contribution in [0.25, 0.3) is 38.8 Å². The second-order valence-electron chi connectivity index (χ2n) is 10.7. The summed E-state index contributed by atoms with van der Waals surface area (Å²) >= 11 is 0. The number of halogens is 3. The monoisotopic (exact) mass is 539 g/mol. The number of pyridine rings is 1. The number of benzene rings is 4. The van der Waals surface area contributed by atoms with Crippen molar-refractivity contribution in [3.63, 3.8) is 0 Å². The Bertz CT molecular complexity index is 1900. The Labute approximate surface area is 228 Å². The van der Waals surface area contributed by atoms with E-state index in [2.05, 4.69) is 0 Å². The van der Waals surface area contributed by atoms with Gasteiger partial charge in [-0.3, -0.25) is 14.2 Å². The van der Waals surface area contributed by atoms with Gasteiger partial charge in [0.05, 0.1) is 5.52 Å². The molecule has 40 heavy (non-hydrogen) atoms. The molecular formula is C33H24F3NO3. The van der Waals surface area contributed by atoms with Crippen molar-refractivity contribution in [3.8, 4) is 33.7 Å². The summed E-state index contributed by atoms with van der Waals surface area (Å²) in [7, 11) is 0. The van der Waals surface area contributed by atoms with Crippen LogP contribution < -0.4 is 5.56 Å². The molecular weight excluding hydrogens is 515 g/mol. The number of aryl methyl sites for hydroxylation is 1. The molecule has 1 heterocycles. The summed E-state index contributed by atoms with van der Waals surface area (Å²) in [6.07, 6.45) is -5.34. The number of alkyl halides is 3. The summed E-state index contributed by atoms with van der Waals surface area (Å²) in [5.74, 6) is -3.36. The smallest absolute Gasteiger partial charge is 0.455 e. The largest absolute Gasteiger partial charge is 0.506 e. The van der Waals surface area contributed by atoms with Gasteiger partial charge in [0.1, 0.15) is 11.3 Å². The fourth-order valence-electron chi connectivity index (χ4n) is 5.72. The second kappa shape index (κ2) is 8.68. The average Bonchev–Trinajstić information content (AvgIpc) is 3.14. The van der Waals surface area contributed by atoms with Gasteiger partial charge < -0.3 is 5.11 Å². The first kappa shape index (κ1) is 25.6. The third kappa shape index (κ3) is 3.76. The van der Waals surface area contributed by atoms with Gasteiger partial charge in [0.2, 0.25) is 0 Å². The minimum atomic E-state index is -5.34. The molecule has 4 aromatic carbocycles. The van der Waals surface area contributed by atoms with Crippen LogP contribution in [0.15, 0.2) is 89.7 Å². The predicted molar refractivity (Wildman–Crippen MR) is 149 cm³/mol. The molecule has 0 amide bonds.